The van der Waals surface area contributed by atoms with Gasteiger partial charge in [-0.1, -0.05) is 48.0 Å². The van der Waals surface area contributed by atoms with Crippen LogP contribution in [0.2, 0.25) is 0 Å². The van der Waals surface area contributed by atoms with Gasteiger partial charge in [0, 0.05) is 10.9 Å². The second kappa shape index (κ2) is 7.51. The van der Waals surface area contributed by atoms with E-state index in [9.17, 15) is 4.79 Å². The van der Waals surface area contributed by atoms with E-state index in [0.29, 0.717) is 22.2 Å². The number of anilines is 2. The Morgan fingerprint density at radius 3 is 2.34 bits per heavy atom. The number of ether oxygens (including phenoxy) is 1. The second-order valence-corrected chi connectivity index (χ2v) is 6.48. The van der Waals surface area contributed by atoms with E-state index in [1.807, 2.05) is 55.5 Å². The predicted octanol–water partition coefficient (Wildman–Crippen LogP) is 2.92. The Labute approximate surface area is 166 Å². The van der Waals surface area contributed by atoms with Crippen LogP contribution < -0.4 is 11.5 Å². The molecule has 0 aliphatic heterocycles. The summed E-state index contributed by atoms with van der Waals surface area (Å²) in [6, 6.07) is 17.1. The van der Waals surface area contributed by atoms with Crippen LogP contribution in [-0.4, -0.2) is 25.9 Å². The van der Waals surface area contributed by atoms with Crippen molar-refractivity contribution >= 4 is 28.8 Å². The maximum Gasteiger partial charge on any atom is 0.339 e. The Morgan fingerprint density at radius 1 is 0.931 bits per heavy atom. The number of fused-ring (bicyclic) bond motifs is 1. The number of nitrogens with two attached hydrogens (primary N) is 2. The van der Waals surface area contributed by atoms with Crippen LogP contribution in [0.25, 0.3) is 22.2 Å². The van der Waals surface area contributed by atoms with Crippen molar-refractivity contribution in [1.29, 1.82) is 0 Å². The molecule has 4 aromatic rings. The highest BCUT2D eigenvalue weighted by atomic mass is 16.5. The highest BCUT2D eigenvalue weighted by Crippen LogP contribution is 2.26. The van der Waals surface area contributed by atoms with Crippen molar-refractivity contribution in [2.75, 3.05) is 11.5 Å². The summed E-state index contributed by atoms with van der Waals surface area (Å²) < 4.78 is 5.41. The van der Waals surface area contributed by atoms with Crippen molar-refractivity contribution in [1.82, 2.24) is 19.9 Å². The number of benzene rings is 2. The van der Waals surface area contributed by atoms with E-state index >= 15 is 0 Å². The highest BCUT2D eigenvalue weighted by Gasteiger charge is 2.16. The number of carbonyl (C=O) groups excluding carboxylic acids is 1. The molecule has 0 saturated carbocycles. The number of pyridine rings is 1. The summed E-state index contributed by atoms with van der Waals surface area (Å²) >= 11 is 0. The molecule has 0 bridgehead atoms. The maximum absolute atomic E-state index is 12.9. The number of para-hydroxylation sites is 1. The zero-order valence-electron chi connectivity index (χ0n) is 15.7. The van der Waals surface area contributed by atoms with E-state index in [1.54, 1.807) is 6.07 Å². The van der Waals surface area contributed by atoms with Gasteiger partial charge in [-0.3, -0.25) is 0 Å². The zero-order chi connectivity index (χ0) is 20.4. The molecular formula is C21H18N6O2. The molecule has 4 N–H and O–H groups in total. The van der Waals surface area contributed by atoms with Crippen LogP contribution in [-0.2, 0) is 11.3 Å². The third-order valence-corrected chi connectivity index (χ3v) is 4.33. The lowest BCUT2D eigenvalue weighted by molar-refractivity contribution is 0.0464. The van der Waals surface area contributed by atoms with E-state index in [4.69, 9.17) is 16.2 Å². The van der Waals surface area contributed by atoms with Gasteiger partial charge in [0.1, 0.15) is 0 Å². The van der Waals surface area contributed by atoms with Gasteiger partial charge in [0.2, 0.25) is 11.9 Å². The standard InChI is InChI=1S/C21H18N6O2/c1-12-6-8-13(9-7-12)17-10-15(14-4-2-3-5-16(14)24-17)19(28)29-11-18-25-20(22)27-21(23)26-18/h2-10H,11H2,1H3,(H4,22,23,25,26,27). The summed E-state index contributed by atoms with van der Waals surface area (Å²) in [5.74, 6) is -0.394. The van der Waals surface area contributed by atoms with Crippen molar-refractivity contribution < 1.29 is 9.53 Å². The molecule has 0 saturated heterocycles. The SMILES string of the molecule is Cc1ccc(-c2cc(C(=O)OCc3nc(N)nc(N)n3)c3ccccc3n2)cc1. The number of nitrogens with zero attached hydrogens (tertiary/aromatic N) is 4. The van der Waals surface area contributed by atoms with Gasteiger partial charge in [0.05, 0.1) is 16.8 Å². The van der Waals surface area contributed by atoms with Gasteiger partial charge in [-0.25, -0.2) is 9.78 Å². The van der Waals surface area contributed by atoms with Gasteiger partial charge < -0.3 is 16.2 Å². The molecule has 8 nitrogen and oxygen atoms in total. The average molecular weight is 386 g/mol. The van der Waals surface area contributed by atoms with E-state index in [0.717, 1.165) is 11.1 Å². The minimum atomic E-state index is -0.519. The number of rotatable bonds is 4. The molecule has 8 heteroatoms. The van der Waals surface area contributed by atoms with E-state index in [1.165, 1.54) is 0 Å². The summed E-state index contributed by atoms with van der Waals surface area (Å²) in [5.41, 5.74) is 15.0. The smallest absolute Gasteiger partial charge is 0.339 e. The number of esters is 1. The van der Waals surface area contributed by atoms with Gasteiger partial charge in [0.25, 0.3) is 0 Å². The van der Waals surface area contributed by atoms with Crippen LogP contribution in [0.3, 0.4) is 0 Å². The van der Waals surface area contributed by atoms with Crippen LogP contribution in [0.15, 0.2) is 54.6 Å². The van der Waals surface area contributed by atoms with E-state index < -0.39 is 5.97 Å². The molecule has 144 valence electrons. The third-order valence-electron chi connectivity index (χ3n) is 4.33. The minimum Gasteiger partial charge on any atom is -0.454 e. The van der Waals surface area contributed by atoms with Gasteiger partial charge in [-0.2, -0.15) is 15.0 Å². The topological polar surface area (TPSA) is 130 Å². The number of nitrogen functional groups attached to an aromatic ring is 2. The molecule has 0 unspecified atom stereocenters. The molecule has 29 heavy (non-hydrogen) atoms. The third kappa shape index (κ3) is 3.96. The van der Waals surface area contributed by atoms with Crippen molar-refractivity contribution in [2.45, 2.75) is 13.5 Å². The largest absolute Gasteiger partial charge is 0.454 e. The fourth-order valence-corrected chi connectivity index (χ4v) is 2.95. The summed E-state index contributed by atoms with van der Waals surface area (Å²) in [6.45, 7) is 1.84. The second-order valence-electron chi connectivity index (χ2n) is 6.48. The lowest BCUT2D eigenvalue weighted by Gasteiger charge is -2.10. The van der Waals surface area contributed by atoms with Crippen molar-refractivity contribution in [3.05, 3.63) is 71.5 Å². The first-order chi connectivity index (χ1) is 14.0. The Bertz CT molecular complexity index is 1190. The minimum absolute atomic E-state index is 0.0282. The van der Waals surface area contributed by atoms with Crippen molar-refractivity contribution in [3.63, 3.8) is 0 Å². The monoisotopic (exact) mass is 386 g/mol. The number of hydrogen-bond acceptors (Lipinski definition) is 8. The molecule has 2 aromatic heterocycles. The number of aryl methyl sites for hydroxylation is 1. The Morgan fingerprint density at radius 2 is 1.62 bits per heavy atom. The molecule has 4 rings (SSSR count). The van der Waals surface area contributed by atoms with Gasteiger partial charge in [0.15, 0.2) is 12.4 Å². The normalized spacial score (nSPS) is 10.8. The van der Waals surface area contributed by atoms with Crippen LogP contribution in [0.5, 0.6) is 0 Å². The summed E-state index contributed by atoms with van der Waals surface area (Å²) in [4.78, 5) is 29.1. The molecule has 0 atom stereocenters. The first kappa shape index (κ1) is 18.3. The summed E-state index contributed by atoms with van der Waals surface area (Å²) in [7, 11) is 0. The molecule has 0 spiro atoms. The molecule has 0 radical (unpaired) electrons. The highest BCUT2D eigenvalue weighted by molar-refractivity contribution is 6.04. The first-order valence-corrected chi connectivity index (χ1v) is 8.89. The van der Waals surface area contributed by atoms with Crippen molar-refractivity contribution in [3.8, 4) is 11.3 Å². The molecule has 2 aromatic carbocycles. The van der Waals surface area contributed by atoms with Gasteiger partial charge in [-0.15, -0.1) is 0 Å². The van der Waals surface area contributed by atoms with Crippen LogP contribution >= 0.6 is 0 Å². The Hall–Kier alpha value is -4.07. The number of hydrogen-bond donors (Lipinski definition) is 2. The quantitative estimate of drug-likeness (QED) is 0.512. The predicted molar refractivity (Wildman–Crippen MR) is 110 cm³/mol. The fraction of sp³-hybridized carbons (Fsp3) is 0.0952. The van der Waals surface area contributed by atoms with Gasteiger partial charge >= 0.3 is 5.97 Å². The first-order valence-electron chi connectivity index (χ1n) is 8.89. The lowest BCUT2D eigenvalue weighted by atomic mass is 10.0. The summed E-state index contributed by atoms with van der Waals surface area (Å²) in [6.07, 6.45) is 0. The van der Waals surface area contributed by atoms with Crippen LogP contribution in [0.1, 0.15) is 21.7 Å². The molecule has 0 fully saturated rings. The molecule has 2 heterocycles. The van der Waals surface area contributed by atoms with E-state index in [-0.39, 0.29) is 24.3 Å². The zero-order valence-corrected chi connectivity index (χ0v) is 15.7. The number of carbonyl (C=O) groups is 1. The average Bonchev–Trinajstić information content (AvgIpc) is 2.71. The number of aromatic nitrogens is 4. The fourth-order valence-electron chi connectivity index (χ4n) is 2.95. The summed E-state index contributed by atoms with van der Waals surface area (Å²) in [5, 5.41) is 0.697. The molecular weight excluding hydrogens is 368 g/mol. The maximum atomic E-state index is 12.9. The Kier molecular flexibility index (Phi) is 4.74. The van der Waals surface area contributed by atoms with Gasteiger partial charge in [-0.05, 0) is 19.1 Å². The van der Waals surface area contributed by atoms with Crippen LogP contribution in [0.4, 0.5) is 11.9 Å². The molecule has 0 aliphatic rings. The van der Waals surface area contributed by atoms with Crippen molar-refractivity contribution in [2.24, 2.45) is 0 Å². The van der Waals surface area contributed by atoms with E-state index in [2.05, 4.69) is 19.9 Å². The lowest BCUT2D eigenvalue weighted by Crippen LogP contribution is -2.11. The Balaban J connectivity index is 1.69. The van der Waals surface area contributed by atoms with Crippen LogP contribution in [0, 0.1) is 6.92 Å². The molecule has 0 aliphatic carbocycles. The molecule has 0 amide bonds.